The SMILES string of the molecule is COc1ccc(C(=O)N[C@H](C)[C@@H](c2cccs2)N2CCN(C)CC2)cc1OC. The van der Waals surface area contributed by atoms with Gasteiger partial charge < -0.3 is 19.7 Å². The number of hydrogen-bond acceptors (Lipinski definition) is 6. The molecule has 3 rings (SSSR count). The fourth-order valence-corrected chi connectivity index (χ4v) is 4.61. The number of carbonyl (C=O) groups excluding carboxylic acids is 1. The van der Waals surface area contributed by atoms with E-state index in [1.807, 2.05) is 0 Å². The van der Waals surface area contributed by atoms with Gasteiger partial charge in [0.05, 0.1) is 20.3 Å². The van der Waals surface area contributed by atoms with Gasteiger partial charge in [0.2, 0.25) is 0 Å². The number of benzene rings is 1. The Balaban J connectivity index is 1.76. The predicted molar refractivity (Wildman–Crippen MR) is 113 cm³/mol. The lowest BCUT2D eigenvalue weighted by Gasteiger charge is -2.40. The monoisotopic (exact) mass is 403 g/mol. The van der Waals surface area contributed by atoms with Crippen molar-refractivity contribution in [1.82, 2.24) is 15.1 Å². The van der Waals surface area contributed by atoms with Gasteiger partial charge >= 0.3 is 0 Å². The average Bonchev–Trinajstić information content (AvgIpc) is 3.23. The van der Waals surface area contributed by atoms with E-state index in [0.717, 1.165) is 26.2 Å². The molecule has 1 N–H and O–H groups in total. The quantitative estimate of drug-likeness (QED) is 0.770. The topological polar surface area (TPSA) is 54.0 Å². The van der Waals surface area contributed by atoms with Gasteiger partial charge in [-0.2, -0.15) is 0 Å². The number of likely N-dealkylation sites (N-methyl/N-ethyl adjacent to an activating group) is 1. The van der Waals surface area contributed by atoms with E-state index in [9.17, 15) is 4.79 Å². The summed E-state index contributed by atoms with van der Waals surface area (Å²) >= 11 is 1.74. The van der Waals surface area contributed by atoms with Crippen molar-refractivity contribution < 1.29 is 14.3 Å². The van der Waals surface area contributed by atoms with Gasteiger partial charge in [-0.15, -0.1) is 11.3 Å². The Morgan fingerprint density at radius 1 is 1.11 bits per heavy atom. The van der Waals surface area contributed by atoms with Crippen molar-refractivity contribution >= 4 is 17.2 Å². The maximum atomic E-state index is 12.9. The summed E-state index contributed by atoms with van der Waals surface area (Å²) in [7, 11) is 5.31. The number of carbonyl (C=O) groups is 1. The van der Waals surface area contributed by atoms with E-state index in [4.69, 9.17) is 9.47 Å². The number of ether oxygens (including phenoxy) is 2. The zero-order chi connectivity index (χ0) is 20.1. The summed E-state index contributed by atoms with van der Waals surface area (Å²) in [5.74, 6) is 1.06. The van der Waals surface area contributed by atoms with E-state index >= 15 is 0 Å². The molecule has 1 aromatic heterocycles. The van der Waals surface area contributed by atoms with E-state index in [1.165, 1.54) is 4.88 Å². The molecule has 0 spiro atoms. The Morgan fingerprint density at radius 2 is 1.82 bits per heavy atom. The van der Waals surface area contributed by atoms with E-state index in [-0.39, 0.29) is 18.0 Å². The van der Waals surface area contributed by atoms with Gasteiger partial charge in [-0.05, 0) is 43.6 Å². The molecule has 2 heterocycles. The predicted octanol–water partition coefficient (Wildman–Crippen LogP) is 2.87. The number of amides is 1. The number of nitrogens with one attached hydrogen (secondary N) is 1. The van der Waals surface area contributed by atoms with E-state index in [0.29, 0.717) is 17.1 Å². The highest BCUT2D eigenvalue weighted by atomic mass is 32.1. The molecule has 7 heteroatoms. The molecule has 1 amide bonds. The van der Waals surface area contributed by atoms with Crippen LogP contribution in [0.5, 0.6) is 11.5 Å². The number of methoxy groups -OCH3 is 2. The maximum Gasteiger partial charge on any atom is 0.251 e. The molecule has 0 unspecified atom stereocenters. The highest BCUT2D eigenvalue weighted by Crippen LogP contribution is 2.30. The Morgan fingerprint density at radius 3 is 2.43 bits per heavy atom. The summed E-state index contributed by atoms with van der Waals surface area (Å²) in [5.41, 5.74) is 0.563. The molecular formula is C21H29N3O3S. The molecular weight excluding hydrogens is 374 g/mol. The summed E-state index contributed by atoms with van der Waals surface area (Å²) < 4.78 is 10.6. The molecule has 28 heavy (non-hydrogen) atoms. The molecule has 6 nitrogen and oxygen atoms in total. The van der Waals surface area contributed by atoms with Crippen LogP contribution in [0.2, 0.25) is 0 Å². The molecule has 0 radical (unpaired) electrons. The van der Waals surface area contributed by atoms with Gasteiger partial charge in [-0.3, -0.25) is 9.69 Å². The molecule has 1 aromatic carbocycles. The van der Waals surface area contributed by atoms with Crippen molar-refractivity contribution in [1.29, 1.82) is 0 Å². The van der Waals surface area contributed by atoms with Crippen LogP contribution in [0, 0.1) is 0 Å². The van der Waals surface area contributed by atoms with Crippen molar-refractivity contribution in [3.8, 4) is 11.5 Å². The Bertz CT molecular complexity index is 773. The third-order valence-corrected chi connectivity index (χ3v) is 6.19. The minimum Gasteiger partial charge on any atom is -0.493 e. The molecule has 0 bridgehead atoms. The Kier molecular flexibility index (Phi) is 6.93. The van der Waals surface area contributed by atoms with Crippen LogP contribution in [0.25, 0.3) is 0 Å². The van der Waals surface area contributed by atoms with Crippen LogP contribution in [-0.2, 0) is 0 Å². The fraction of sp³-hybridized carbons (Fsp3) is 0.476. The van der Waals surface area contributed by atoms with Crippen LogP contribution in [0.15, 0.2) is 35.7 Å². The largest absolute Gasteiger partial charge is 0.493 e. The first kappa shape index (κ1) is 20.6. The van der Waals surface area contributed by atoms with Crippen LogP contribution in [0.3, 0.4) is 0 Å². The van der Waals surface area contributed by atoms with Crippen molar-refractivity contribution in [3.05, 3.63) is 46.2 Å². The van der Waals surface area contributed by atoms with Gasteiger partial charge in [-0.1, -0.05) is 6.07 Å². The van der Waals surface area contributed by atoms with Crippen molar-refractivity contribution in [2.75, 3.05) is 47.4 Å². The second-order valence-electron chi connectivity index (χ2n) is 7.13. The van der Waals surface area contributed by atoms with E-state index in [1.54, 1.807) is 43.8 Å². The lowest BCUT2D eigenvalue weighted by Crippen LogP contribution is -2.51. The second kappa shape index (κ2) is 9.41. The molecule has 152 valence electrons. The first-order chi connectivity index (χ1) is 13.5. The van der Waals surface area contributed by atoms with Gasteiger partial charge in [0.15, 0.2) is 11.5 Å². The molecule has 2 atom stereocenters. The molecule has 1 aliphatic heterocycles. The van der Waals surface area contributed by atoms with Gasteiger partial charge in [-0.25, -0.2) is 0 Å². The van der Waals surface area contributed by atoms with Crippen molar-refractivity contribution in [2.24, 2.45) is 0 Å². The molecule has 0 aliphatic carbocycles. The maximum absolute atomic E-state index is 12.9. The van der Waals surface area contributed by atoms with Crippen LogP contribution in [0.4, 0.5) is 0 Å². The number of rotatable bonds is 7. The average molecular weight is 404 g/mol. The number of nitrogens with zero attached hydrogens (tertiary/aromatic N) is 2. The minimum atomic E-state index is -0.107. The number of thiophene rings is 1. The first-order valence-electron chi connectivity index (χ1n) is 9.52. The number of hydrogen-bond donors (Lipinski definition) is 1. The number of piperazine rings is 1. The lowest BCUT2D eigenvalue weighted by molar-refractivity contribution is 0.0799. The lowest BCUT2D eigenvalue weighted by atomic mass is 10.0. The molecule has 1 fully saturated rings. The highest BCUT2D eigenvalue weighted by molar-refractivity contribution is 7.10. The molecule has 1 aliphatic rings. The third kappa shape index (κ3) is 4.66. The zero-order valence-electron chi connectivity index (χ0n) is 17.0. The van der Waals surface area contributed by atoms with Crippen molar-refractivity contribution in [3.63, 3.8) is 0 Å². The summed E-state index contributed by atoms with van der Waals surface area (Å²) in [5, 5.41) is 5.30. The third-order valence-electron chi connectivity index (χ3n) is 5.24. The van der Waals surface area contributed by atoms with Crippen LogP contribution < -0.4 is 14.8 Å². The normalized spacial score (nSPS) is 17.7. The smallest absolute Gasteiger partial charge is 0.251 e. The molecule has 1 saturated heterocycles. The summed E-state index contributed by atoms with van der Waals surface area (Å²) in [4.78, 5) is 19.0. The minimum absolute atomic E-state index is 0.0253. The summed E-state index contributed by atoms with van der Waals surface area (Å²) in [6, 6.07) is 9.62. The van der Waals surface area contributed by atoms with Gasteiger partial charge in [0.1, 0.15) is 0 Å². The Labute approximate surface area is 171 Å². The second-order valence-corrected chi connectivity index (χ2v) is 8.11. The molecule has 0 saturated carbocycles. The molecule has 2 aromatic rings. The highest BCUT2D eigenvalue weighted by Gasteiger charge is 2.30. The van der Waals surface area contributed by atoms with Crippen LogP contribution in [-0.4, -0.2) is 69.2 Å². The van der Waals surface area contributed by atoms with Crippen LogP contribution in [0.1, 0.15) is 28.2 Å². The summed E-state index contributed by atoms with van der Waals surface area (Å²) in [6.07, 6.45) is 0. The standard InChI is InChI=1S/C21H29N3O3S/c1-15(22-21(25)16-7-8-17(26-3)18(14-16)27-4)20(19-6-5-13-28-19)24-11-9-23(2)10-12-24/h5-8,13-15,20H,9-12H2,1-4H3,(H,22,25)/t15-,20+/m1/s1. The Hall–Kier alpha value is -2.09. The summed E-state index contributed by atoms with van der Waals surface area (Å²) in [6.45, 7) is 6.16. The van der Waals surface area contributed by atoms with E-state index < -0.39 is 0 Å². The van der Waals surface area contributed by atoms with Crippen LogP contribution >= 0.6 is 11.3 Å². The zero-order valence-corrected chi connectivity index (χ0v) is 17.8. The fourth-order valence-electron chi connectivity index (χ4n) is 3.65. The van der Waals surface area contributed by atoms with E-state index in [2.05, 4.69) is 46.6 Å². The van der Waals surface area contributed by atoms with Gasteiger partial charge in [0.25, 0.3) is 5.91 Å². The van der Waals surface area contributed by atoms with Gasteiger partial charge in [0, 0.05) is 42.7 Å². The van der Waals surface area contributed by atoms with Crippen molar-refractivity contribution in [2.45, 2.75) is 19.0 Å². The first-order valence-corrected chi connectivity index (χ1v) is 10.4.